The number of rotatable bonds is 6. The SMILES string of the molecule is CCCc1ccc(NC(=O)COC2(C)CNC2)cc1. The Balaban J connectivity index is 1.78. The minimum Gasteiger partial charge on any atom is -0.363 e. The first kappa shape index (κ1) is 14.0. The monoisotopic (exact) mass is 262 g/mol. The number of ether oxygens (including phenoxy) is 1. The zero-order valence-electron chi connectivity index (χ0n) is 11.7. The number of hydrogen-bond acceptors (Lipinski definition) is 3. The molecule has 1 fully saturated rings. The van der Waals surface area contributed by atoms with Crippen molar-refractivity contribution in [2.45, 2.75) is 32.3 Å². The number of hydrogen-bond donors (Lipinski definition) is 2. The summed E-state index contributed by atoms with van der Waals surface area (Å²) in [6, 6.07) is 7.99. The van der Waals surface area contributed by atoms with Crippen molar-refractivity contribution < 1.29 is 9.53 Å². The van der Waals surface area contributed by atoms with Crippen molar-refractivity contribution in [1.82, 2.24) is 5.32 Å². The number of aryl methyl sites for hydroxylation is 1. The molecule has 4 heteroatoms. The molecule has 0 aliphatic carbocycles. The summed E-state index contributed by atoms with van der Waals surface area (Å²) < 4.78 is 5.59. The van der Waals surface area contributed by atoms with Crippen LogP contribution in [0.2, 0.25) is 0 Å². The number of carbonyl (C=O) groups excluding carboxylic acids is 1. The summed E-state index contributed by atoms with van der Waals surface area (Å²) >= 11 is 0. The van der Waals surface area contributed by atoms with Crippen LogP contribution in [0.25, 0.3) is 0 Å². The highest BCUT2D eigenvalue weighted by molar-refractivity contribution is 5.91. The molecule has 4 nitrogen and oxygen atoms in total. The van der Waals surface area contributed by atoms with Crippen LogP contribution < -0.4 is 10.6 Å². The van der Waals surface area contributed by atoms with Crippen LogP contribution in [0, 0.1) is 0 Å². The molecule has 1 aliphatic rings. The normalized spacial score (nSPS) is 16.7. The standard InChI is InChI=1S/C15H22N2O2/c1-3-4-12-5-7-13(8-6-12)17-14(18)9-19-15(2)10-16-11-15/h5-8,16H,3-4,9-11H2,1-2H3,(H,17,18). The van der Waals surface area contributed by atoms with Gasteiger partial charge in [-0.05, 0) is 31.0 Å². The van der Waals surface area contributed by atoms with Crippen LogP contribution in [0.5, 0.6) is 0 Å². The van der Waals surface area contributed by atoms with Gasteiger partial charge in [-0.1, -0.05) is 25.5 Å². The second kappa shape index (κ2) is 6.17. The fraction of sp³-hybridized carbons (Fsp3) is 0.533. The van der Waals surface area contributed by atoms with Crippen molar-refractivity contribution in [3.05, 3.63) is 29.8 Å². The number of carbonyl (C=O) groups is 1. The van der Waals surface area contributed by atoms with E-state index in [9.17, 15) is 4.79 Å². The van der Waals surface area contributed by atoms with Crippen molar-refractivity contribution in [3.8, 4) is 0 Å². The van der Waals surface area contributed by atoms with Gasteiger partial charge >= 0.3 is 0 Å². The van der Waals surface area contributed by atoms with Crippen molar-refractivity contribution >= 4 is 11.6 Å². The molecule has 2 N–H and O–H groups in total. The van der Waals surface area contributed by atoms with E-state index in [0.29, 0.717) is 0 Å². The van der Waals surface area contributed by atoms with Gasteiger partial charge in [0.25, 0.3) is 0 Å². The Morgan fingerprint density at radius 3 is 2.58 bits per heavy atom. The van der Waals surface area contributed by atoms with E-state index in [0.717, 1.165) is 31.6 Å². The molecule has 0 spiro atoms. The molecule has 0 radical (unpaired) electrons. The maximum absolute atomic E-state index is 11.8. The summed E-state index contributed by atoms with van der Waals surface area (Å²) in [5.74, 6) is -0.101. The highest BCUT2D eigenvalue weighted by Crippen LogP contribution is 2.15. The quantitative estimate of drug-likeness (QED) is 0.824. The Hall–Kier alpha value is -1.39. The highest BCUT2D eigenvalue weighted by atomic mass is 16.5. The molecule has 0 aromatic heterocycles. The van der Waals surface area contributed by atoms with Gasteiger partial charge in [0.1, 0.15) is 6.61 Å². The van der Waals surface area contributed by atoms with E-state index in [2.05, 4.69) is 29.7 Å². The van der Waals surface area contributed by atoms with Crippen molar-refractivity contribution in [1.29, 1.82) is 0 Å². The Morgan fingerprint density at radius 2 is 2.05 bits per heavy atom. The van der Waals surface area contributed by atoms with E-state index < -0.39 is 0 Å². The Kier molecular flexibility index (Phi) is 4.56. The summed E-state index contributed by atoms with van der Waals surface area (Å²) in [5.41, 5.74) is 1.94. The number of amides is 1. The predicted molar refractivity (Wildman–Crippen MR) is 76.3 cm³/mol. The third-order valence-electron chi connectivity index (χ3n) is 3.33. The first-order chi connectivity index (χ1) is 9.11. The minimum atomic E-state index is -0.178. The molecule has 0 unspecified atom stereocenters. The average Bonchev–Trinajstić information content (AvgIpc) is 2.37. The van der Waals surface area contributed by atoms with Gasteiger partial charge in [0, 0.05) is 18.8 Å². The van der Waals surface area contributed by atoms with Gasteiger partial charge in [0.05, 0.1) is 5.60 Å². The second-order valence-electron chi connectivity index (χ2n) is 5.34. The fourth-order valence-corrected chi connectivity index (χ4v) is 2.06. The molecule has 1 saturated heterocycles. The lowest BCUT2D eigenvalue weighted by Gasteiger charge is -2.38. The molecule has 104 valence electrons. The van der Waals surface area contributed by atoms with Crippen LogP contribution in [0.1, 0.15) is 25.8 Å². The van der Waals surface area contributed by atoms with E-state index in [1.807, 2.05) is 19.1 Å². The zero-order valence-corrected chi connectivity index (χ0v) is 11.7. The Labute approximate surface area is 114 Å². The summed E-state index contributed by atoms with van der Waals surface area (Å²) in [5, 5.41) is 5.98. The lowest BCUT2D eigenvalue weighted by molar-refractivity contribution is -0.130. The first-order valence-electron chi connectivity index (χ1n) is 6.85. The molecule has 19 heavy (non-hydrogen) atoms. The Bertz CT molecular complexity index is 424. The van der Waals surface area contributed by atoms with E-state index in [1.54, 1.807) is 0 Å². The largest absolute Gasteiger partial charge is 0.363 e. The summed E-state index contributed by atoms with van der Waals surface area (Å²) in [6.07, 6.45) is 2.20. The van der Waals surface area contributed by atoms with Gasteiger partial charge in [0.2, 0.25) is 5.91 Å². The molecule has 1 amide bonds. The van der Waals surface area contributed by atoms with Crippen molar-refractivity contribution in [2.24, 2.45) is 0 Å². The third kappa shape index (κ3) is 4.04. The van der Waals surface area contributed by atoms with Gasteiger partial charge < -0.3 is 15.4 Å². The third-order valence-corrected chi connectivity index (χ3v) is 3.33. The van der Waals surface area contributed by atoms with Crippen LogP contribution in [0.15, 0.2) is 24.3 Å². The molecule has 1 aromatic carbocycles. The number of benzene rings is 1. The van der Waals surface area contributed by atoms with Crippen LogP contribution in [0.3, 0.4) is 0 Å². The number of nitrogens with one attached hydrogen (secondary N) is 2. The second-order valence-corrected chi connectivity index (χ2v) is 5.34. The van der Waals surface area contributed by atoms with Crippen LogP contribution in [-0.4, -0.2) is 31.2 Å². The molecule has 0 bridgehead atoms. The van der Waals surface area contributed by atoms with Gasteiger partial charge in [-0.25, -0.2) is 0 Å². The lowest BCUT2D eigenvalue weighted by Crippen LogP contribution is -2.59. The molecule has 0 atom stereocenters. The van der Waals surface area contributed by atoms with Crippen LogP contribution in [0.4, 0.5) is 5.69 Å². The van der Waals surface area contributed by atoms with E-state index in [4.69, 9.17) is 4.74 Å². The fourth-order valence-electron chi connectivity index (χ4n) is 2.06. The molecule has 0 saturated carbocycles. The number of anilines is 1. The molecule has 1 heterocycles. The smallest absolute Gasteiger partial charge is 0.250 e. The van der Waals surface area contributed by atoms with Crippen molar-refractivity contribution in [3.63, 3.8) is 0 Å². The molecule has 1 aromatic rings. The zero-order chi connectivity index (χ0) is 13.7. The van der Waals surface area contributed by atoms with Gasteiger partial charge in [-0.3, -0.25) is 4.79 Å². The minimum absolute atomic E-state index is 0.101. The summed E-state index contributed by atoms with van der Waals surface area (Å²) in [6.45, 7) is 5.89. The Morgan fingerprint density at radius 1 is 1.37 bits per heavy atom. The van der Waals surface area contributed by atoms with Crippen LogP contribution in [-0.2, 0) is 16.0 Å². The lowest BCUT2D eigenvalue weighted by atomic mass is 10.0. The van der Waals surface area contributed by atoms with Crippen molar-refractivity contribution in [2.75, 3.05) is 25.0 Å². The van der Waals surface area contributed by atoms with Gasteiger partial charge in [-0.2, -0.15) is 0 Å². The van der Waals surface area contributed by atoms with Gasteiger partial charge in [-0.15, -0.1) is 0 Å². The van der Waals surface area contributed by atoms with E-state index in [1.165, 1.54) is 5.56 Å². The summed E-state index contributed by atoms with van der Waals surface area (Å²) in [7, 11) is 0. The topological polar surface area (TPSA) is 50.4 Å². The van der Waals surface area contributed by atoms with Crippen LogP contribution >= 0.6 is 0 Å². The molecule has 1 aliphatic heterocycles. The van der Waals surface area contributed by atoms with E-state index in [-0.39, 0.29) is 18.1 Å². The molecule has 2 rings (SSSR count). The first-order valence-corrected chi connectivity index (χ1v) is 6.85. The maximum Gasteiger partial charge on any atom is 0.250 e. The molecular weight excluding hydrogens is 240 g/mol. The maximum atomic E-state index is 11.8. The summed E-state index contributed by atoms with van der Waals surface area (Å²) in [4.78, 5) is 11.8. The van der Waals surface area contributed by atoms with Gasteiger partial charge in [0.15, 0.2) is 0 Å². The highest BCUT2D eigenvalue weighted by Gasteiger charge is 2.32. The molecular formula is C15H22N2O2. The van der Waals surface area contributed by atoms with E-state index >= 15 is 0 Å². The predicted octanol–water partition coefficient (Wildman–Crippen LogP) is 1.96. The average molecular weight is 262 g/mol.